The van der Waals surface area contributed by atoms with Crippen molar-refractivity contribution in [3.8, 4) is 6.07 Å². The van der Waals surface area contributed by atoms with E-state index in [0.29, 0.717) is 32.2 Å². The van der Waals surface area contributed by atoms with E-state index in [4.69, 9.17) is 23.2 Å². The molecule has 1 aromatic heterocycles. The SMILES string of the molecule is CC(=O)N(c1ccccc1)c1nc(/C=C(\C#N)C(=O)Nc2cc(Cl)ccc2Cl)cs1. The Hall–Kier alpha value is -3.18. The van der Waals surface area contributed by atoms with Crippen LogP contribution in [0.1, 0.15) is 12.6 Å². The van der Waals surface area contributed by atoms with Gasteiger partial charge in [-0.15, -0.1) is 11.3 Å². The van der Waals surface area contributed by atoms with E-state index < -0.39 is 5.91 Å². The summed E-state index contributed by atoms with van der Waals surface area (Å²) in [6.07, 6.45) is 1.34. The van der Waals surface area contributed by atoms with Gasteiger partial charge in [0.05, 0.1) is 22.1 Å². The van der Waals surface area contributed by atoms with Crippen molar-refractivity contribution >= 4 is 68.9 Å². The molecule has 0 spiro atoms. The van der Waals surface area contributed by atoms with Crippen molar-refractivity contribution in [2.45, 2.75) is 6.92 Å². The fourth-order valence-corrected chi connectivity index (χ4v) is 3.71. The molecule has 3 aromatic rings. The number of para-hydroxylation sites is 1. The van der Waals surface area contributed by atoms with E-state index >= 15 is 0 Å². The number of aromatic nitrogens is 1. The van der Waals surface area contributed by atoms with Crippen molar-refractivity contribution in [3.63, 3.8) is 0 Å². The summed E-state index contributed by atoms with van der Waals surface area (Å²) in [5.74, 6) is -0.859. The van der Waals surface area contributed by atoms with Gasteiger partial charge in [-0.05, 0) is 36.4 Å². The van der Waals surface area contributed by atoms with Gasteiger partial charge in [0.1, 0.15) is 11.6 Å². The van der Waals surface area contributed by atoms with Gasteiger partial charge in [0.2, 0.25) is 5.91 Å². The molecule has 2 amide bonds. The third-order valence-corrected chi connectivity index (χ3v) is 5.27. The molecular weight excluding hydrogens is 443 g/mol. The van der Waals surface area contributed by atoms with E-state index in [1.54, 1.807) is 29.6 Å². The molecule has 0 saturated carbocycles. The van der Waals surface area contributed by atoms with Crippen molar-refractivity contribution in [3.05, 3.63) is 75.2 Å². The summed E-state index contributed by atoms with van der Waals surface area (Å²) in [6.45, 7) is 1.44. The summed E-state index contributed by atoms with van der Waals surface area (Å²) >= 11 is 13.2. The summed E-state index contributed by atoms with van der Waals surface area (Å²) in [4.78, 5) is 30.5. The Morgan fingerprint density at radius 3 is 2.60 bits per heavy atom. The molecule has 2 aromatic carbocycles. The van der Waals surface area contributed by atoms with E-state index in [-0.39, 0.29) is 11.5 Å². The molecule has 0 radical (unpaired) electrons. The summed E-state index contributed by atoms with van der Waals surface area (Å²) in [6, 6.07) is 15.5. The van der Waals surface area contributed by atoms with Crippen LogP contribution in [0.3, 0.4) is 0 Å². The second-order valence-corrected chi connectivity index (χ2v) is 7.67. The lowest BCUT2D eigenvalue weighted by molar-refractivity contribution is -0.116. The Bertz CT molecular complexity index is 1170. The molecule has 0 saturated heterocycles. The minimum atomic E-state index is -0.650. The van der Waals surface area contributed by atoms with Gasteiger partial charge in [-0.2, -0.15) is 5.26 Å². The first-order valence-corrected chi connectivity index (χ1v) is 10.2. The van der Waals surface area contributed by atoms with Gasteiger partial charge < -0.3 is 5.32 Å². The van der Waals surface area contributed by atoms with Crippen molar-refractivity contribution in [2.24, 2.45) is 0 Å². The summed E-state index contributed by atoms with van der Waals surface area (Å²) in [5.41, 5.74) is 1.17. The maximum Gasteiger partial charge on any atom is 0.266 e. The Balaban J connectivity index is 1.86. The molecule has 150 valence electrons. The Morgan fingerprint density at radius 2 is 1.93 bits per heavy atom. The minimum absolute atomic E-state index is 0.169. The maximum atomic E-state index is 12.5. The standard InChI is InChI=1S/C21H14Cl2N4O2S/c1-13(28)27(17-5-3-2-4-6-17)21-25-16(12-30-21)9-14(11-24)20(29)26-19-10-15(22)7-8-18(19)23/h2-10,12H,1H3,(H,26,29)/b14-9+. The van der Waals surface area contributed by atoms with Gasteiger partial charge >= 0.3 is 0 Å². The molecule has 6 nitrogen and oxygen atoms in total. The highest BCUT2D eigenvalue weighted by atomic mass is 35.5. The molecule has 0 aliphatic carbocycles. The normalized spacial score (nSPS) is 10.9. The largest absolute Gasteiger partial charge is 0.320 e. The van der Waals surface area contributed by atoms with Crippen molar-refractivity contribution in [1.82, 2.24) is 4.98 Å². The van der Waals surface area contributed by atoms with Crippen LogP contribution in [0.15, 0.2) is 59.5 Å². The fourth-order valence-electron chi connectivity index (χ4n) is 2.53. The highest BCUT2D eigenvalue weighted by Crippen LogP contribution is 2.30. The molecule has 0 fully saturated rings. The maximum absolute atomic E-state index is 12.5. The van der Waals surface area contributed by atoms with E-state index in [1.807, 2.05) is 24.3 Å². The van der Waals surface area contributed by atoms with Gasteiger partial charge in [0.25, 0.3) is 5.91 Å². The van der Waals surface area contributed by atoms with Crippen LogP contribution in [0.25, 0.3) is 6.08 Å². The number of carbonyl (C=O) groups is 2. The van der Waals surface area contributed by atoms with Gasteiger partial charge in [-0.1, -0.05) is 41.4 Å². The quantitative estimate of drug-likeness (QED) is 0.395. The second kappa shape index (κ2) is 9.55. The average molecular weight is 457 g/mol. The summed E-state index contributed by atoms with van der Waals surface area (Å²) < 4.78 is 0. The van der Waals surface area contributed by atoms with Gasteiger partial charge in [-0.3, -0.25) is 14.5 Å². The number of hydrogen-bond donors (Lipinski definition) is 1. The molecule has 1 heterocycles. The van der Waals surface area contributed by atoms with Crippen LogP contribution in [-0.2, 0) is 9.59 Å². The number of thiazole rings is 1. The lowest BCUT2D eigenvalue weighted by Gasteiger charge is -2.17. The number of carbonyl (C=O) groups excluding carboxylic acids is 2. The number of anilines is 3. The predicted octanol–water partition coefficient (Wildman–Crippen LogP) is 5.68. The molecule has 0 aliphatic heterocycles. The predicted molar refractivity (Wildman–Crippen MR) is 120 cm³/mol. The Kier molecular flexibility index (Phi) is 6.85. The minimum Gasteiger partial charge on any atom is -0.320 e. The molecule has 30 heavy (non-hydrogen) atoms. The van der Waals surface area contributed by atoms with Crippen LogP contribution in [0.4, 0.5) is 16.5 Å². The molecule has 0 unspecified atom stereocenters. The second-order valence-electron chi connectivity index (χ2n) is 5.99. The van der Waals surface area contributed by atoms with Gasteiger partial charge in [0, 0.05) is 17.3 Å². The van der Waals surface area contributed by atoms with E-state index in [9.17, 15) is 14.9 Å². The first-order valence-electron chi connectivity index (χ1n) is 8.58. The van der Waals surface area contributed by atoms with Gasteiger partial charge in [-0.25, -0.2) is 4.98 Å². The lowest BCUT2D eigenvalue weighted by Crippen LogP contribution is -2.22. The first kappa shape index (κ1) is 21.5. The topological polar surface area (TPSA) is 86.1 Å². The van der Waals surface area contributed by atoms with Crippen molar-refractivity contribution < 1.29 is 9.59 Å². The molecule has 1 N–H and O–H groups in total. The smallest absolute Gasteiger partial charge is 0.266 e. The zero-order chi connectivity index (χ0) is 21.7. The molecule has 0 atom stereocenters. The molecular formula is C21H14Cl2N4O2S. The number of nitrogens with one attached hydrogen (secondary N) is 1. The summed E-state index contributed by atoms with van der Waals surface area (Å²) in [5, 5.41) is 14.7. The monoisotopic (exact) mass is 456 g/mol. The van der Waals surface area contributed by atoms with E-state index in [2.05, 4.69) is 10.3 Å². The zero-order valence-electron chi connectivity index (χ0n) is 15.6. The highest BCUT2D eigenvalue weighted by Gasteiger charge is 2.18. The number of hydrogen-bond acceptors (Lipinski definition) is 5. The molecule has 0 bridgehead atoms. The summed E-state index contributed by atoms with van der Waals surface area (Å²) in [7, 11) is 0. The van der Waals surface area contributed by atoms with Crippen LogP contribution < -0.4 is 10.2 Å². The van der Waals surface area contributed by atoms with E-state index in [1.165, 1.54) is 35.3 Å². The number of nitrogens with zero attached hydrogens (tertiary/aromatic N) is 3. The highest BCUT2D eigenvalue weighted by molar-refractivity contribution is 7.14. The fraction of sp³-hybridized carbons (Fsp3) is 0.0476. The van der Waals surface area contributed by atoms with Crippen molar-refractivity contribution in [1.29, 1.82) is 5.26 Å². The van der Waals surface area contributed by atoms with Crippen LogP contribution in [0, 0.1) is 11.3 Å². The average Bonchev–Trinajstić information content (AvgIpc) is 3.17. The number of nitriles is 1. The number of rotatable bonds is 5. The molecule has 0 aliphatic rings. The first-order chi connectivity index (χ1) is 14.4. The van der Waals surface area contributed by atoms with Crippen LogP contribution in [0.2, 0.25) is 10.0 Å². The number of halogens is 2. The van der Waals surface area contributed by atoms with Crippen LogP contribution in [-0.4, -0.2) is 16.8 Å². The Labute approximate surface area is 187 Å². The zero-order valence-corrected chi connectivity index (χ0v) is 17.9. The molecule has 9 heteroatoms. The lowest BCUT2D eigenvalue weighted by atomic mass is 10.2. The Morgan fingerprint density at radius 1 is 1.20 bits per heavy atom. The van der Waals surface area contributed by atoms with Crippen molar-refractivity contribution in [2.75, 3.05) is 10.2 Å². The molecule has 3 rings (SSSR count). The van der Waals surface area contributed by atoms with Crippen LogP contribution in [0.5, 0.6) is 0 Å². The van der Waals surface area contributed by atoms with E-state index in [0.717, 1.165) is 0 Å². The number of amides is 2. The van der Waals surface area contributed by atoms with Crippen LogP contribution >= 0.6 is 34.5 Å². The third-order valence-electron chi connectivity index (χ3n) is 3.86. The van der Waals surface area contributed by atoms with Gasteiger partial charge in [0.15, 0.2) is 5.13 Å². The number of benzene rings is 2. The third kappa shape index (κ3) is 5.05.